The molecule has 0 spiro atoms. The minimum atomic E-state index is -5.20. The van der Waals surface area contributed by atoms with Gasteiger partial charge in [-0.3, -0.25) is 4.79 Å². The lowest BCUT2D eigenvalue weighted by Gasteiger charge is -2.38. The quantitative estimate of drug-likeness (QED) is 0.569. The van der Waals surface area contributed by atoms with Gasteiger partial charge in [-0.15, -0.1) is 0 Å². The van der Waals surface area contributed by atoms with Crippen LogP contribution in [0.4, 0.5) is 32.0 Å². The van der Waals surface area contributed by atoms with Crippen LogP contribution in [0.3, 0.4) is 0 Å². The van der Waals surface area contributed by atoms with Crippen LogP contribution in [-0.4, -0.2) is 24.4 Å². The van der Waals surface area contributed by atoms with Crippen molar-refractivity contribution in [3.05, 3.63) is 41.5 Å². The summed E-state index contributed by atoms with van der Waals surface area (Å²) in [5.74, 6) is -2.19. The van der Waals surface area contributed by atoms with Crippen LogP contribution in [0.5, 0.6) is 0 Å². The van der Waals surface area contributed by atoms with Crippen LogP contribution in [0, 0.1) is 0 Å². The molecule has 26 heavy (non-hydrogen) atoms. The summed E-state index contributed by atoms with van der Waals surface area (Å²) in [5, 5.41) is 2.89. The molecule has 2 atom stereocenters. The smallest absolute Gasteiger partial charge is 0.359 e. The van der Waals surface area contributed by atoms with Crippen molar-refractivity contribution in [2.75, 3.05) is 5.32 Å². The van der Waals surface area contributed by atoms with Crippen LogP contribution in [0.1, 0.15) is 28.8 Å². The van der Waals surface area contributed by atoms with Crippen molar-refractivity contribution in [3.8, 4) is 0 Å². The van der Waals surface area contributed by atoms with Gasteiger partial charge in [-0.25, -0.2) is 0 Å². The molecule has 0 amide bonds. The van der Waals surface area contributed by atoms with E-state index in [4.69, 9.17) is 4.74 Å². The van der Waals surface area contributed by atoms with Crippen molar-refractivity contribution in [1.82, 2.24) is 0 Å². The molecule has 0 aliphatic carbocycles. The molecule has 2 aliphatic rings. The van der Waals surface area contributed by atoms with E-state index in [1.54, 1.807) is 0 Å². The van der Waals surface area contributed by atoms with Gasteiger partial charge >= 0.3 is 12.4 Å². The molecule has 3 nitrogen and oxygen atoms in total. The molecule has 0 saturated carbocycles. The van der Waals surface area contributed by atoms with Gasteiger partial charge in [-0.2, -0.15) is 26.3 Å². The van der Waals surface area contributed by atoms with Crippen molar-refractivity contribution in [1.29, 1.82) is 0 Å². The van der Waals surface area contributed by atoms with E-state index >= 15 is 0 Å². The number of fused-ring (bicyclic) bond motifs is 6. The van der Waals surface area contributed by atoms with E-state index in [9.17, 15) is 31.1 Å². The summed E-state index contributed by atoms with van der Waals surface area (Å²) < 4.78 is 85.5. The number of carbonyl (C=O) groups excluding carboxylic acids is 1. The first-order chi connectivity index (χ1) is 12.0. The topological polar surface area (TPSA) is 38.3 Å². The largest absolute Gasteiger partial charge is 0.454 e. The van der Waals surface area contributed by atoms with Crippen molar-refractivity contribution < 1.29 is 35.9 Å². The lowest BCUT2D eigenvalue weighted by Crippen LogP contribution is -2.46. The third-order valence-electron chi connectivity index (χ3n) is 4.85. The highest BCUT2D eigenvalue weighted by Crippen LogP contribution is 2.57. The minimum absolute atomic E-state index is 0.0467. The third-order valence-corrected chi connectivity index (χ3v) is 4.85. The fourth-order valence-electron chi connectivity index (χ4n) is 3.71. The number of nitrogens with one attached hydrogen (secondary N) is 1. The zero-order valence-electron chi connectivity index (χ0n) is 13.0. The van der Waals surface area contributed by atoms with Gasteiger partial charge in [0.2, 0.25) is 0 Å². The van der Waals surface area contributed by atoms with Crippen LogP contribution in [0.25, 0.3) is 10.8 Å². The average molecular weight is 375 g/mol. The molecule has 0 aromatic heterocycles. The summed E-state index contributed by atoms with van der Waals surface area (Å²) in [6.45, 7) is 0. The Labute approximate surface area is 142 Å². The molecule has 2 aliphatic heterocycles. The second kappa shape index (κ2) is 5.12. The Hall–Kier alpha value is -2.29. The zero-order valence-corrected chi connectivity index (χ0v) is 13.0. The monoisotopic (exact) mass is 375 g/mol. The van der Waals surface area contributed by atoms with E-state index in [2.05, 4.69) is 5.32 Å². The number of hydrogen-bond donors (Lipinski definition) is 1. The second-order valence-electron chi connectivity index (χ2n) is 6.33. The lowest BCUT2D eigenvalue weighted by molar-refractivity contribution is -0.278. The highest BCUT2D eigenvalue weighted by Gasteiger charge is 2.64. The summed E-state index contributed by atoms with van der Waals surface area (Å²) in [4.78, 5) is 11.9. The van der Waals surface area contributed by atoms with E-state index in [0.29, 0.717) is 6.07 Å². The van der Waals surface area contributed by atoms with Crippen molar-refractivity contribution in [2.24, 2.45) is 0 Å². The number of hydrogen-bond acceptors (Lipinski definition) is 3. The van der Waals surface area contributed by atoms with Crippen molar-refractivity contribution in [2.45, 2.75) is 37.0 Å². The Kier molecular flexibility index (Phi) is 3.38. The summed E-state index contributed by atoms with van der Waals surface area (Å²) in [6.07, 6.45) is -11.3. The number of carbonyl (C=O) groups is 1. The van der Waals surface area contributed by atoms with Crippen LogP contribution in [0.15, 0.2) is 30.3 Å². The van der Waals surface area contributed by atoms with Gasteiger partial charge in [0.25, 0.3) is 5.78 Å². The van der Waals surface area contributed by atoms with Crippen LogP contribution in [0.2, 0.25) is 0 Å². The fourth-order valence-corrected chi connectivity index (χ4v) is 3.71. The predicted octanol–water partition coefficient (Wildman–Crippen LogP) is 4.90. The molecule has 4 rings (SSSR count). The number of Topliss-reactive ketones (excluding diaryl/α,β-unsaturated/α-hetero) is 1. The first-order valence-electron chi connectivity index (χ1n) is 7.73. The number of rotatable bonds is 1. The molecule has 2 aromatic rings. The normalized spacial score (nSPS) is 25.1. The van der Waals surface area contributed by atoms with Crippen molar-refractivity contribution >= 4 is 22.2 Å². The Balaban J connectivity index is 2.08. The minimum Gasteiger partial charge on any atom is -0.359 e. The first-order valence-corrected chi connectivity index (χ1v) is 7.73. The number of alkyl halides is 6. The molecule has 9 heteroatoms. The van der Waals surface area contributed by atoms with E-state index in [0.717, 1.165) is 0 Å². The third kappa shape index (κ3) is 2.22. The van der Waals surface area contributed by atoms with E-state index < -0.39 is 47.5 Å². The fraction of sp³-hybridized carbons (Fsp3) is 0.353. The molecular formula is C17H11F6NO2. The SMILES string of the molecule is O=C(c1cc2c(c3ccccc13)N[C@@H]1CC[C@@]2(C(F)(F)F)O1)C(F)(F)F. The Morgan fingerprint density at radius 2 is 1.77 bits per heavy atom. The summed E-state index contributed by atoms with van der Waals surface area (Å²) >= 11 is 0. The standard InChI is InChI=1S/C17H11F6NO2/c18-16(19,20)14(25)10-7-11-13(9-4-2-1-3-8(9)10)24-12-5-6-15(11,26-12)17(21,22)23/h1-4,7,12,24H,5-6H2/t12-,15+/m0/s1. The van der Waals surface area contributed by atoms with Crippen molar-refractivity contribution in [3.63, 3.8) is 0 Å². The number of halogens is 6. The van der Waals surface area contributed by atoms with Crippen LogP contribution < -0.4 is 5.32 Å². The van der Waals surface area contributed by atoms with Crippen LogP contribution >= 0.6 is 0 Å². The highest BCUT2D eigenvalue weighted by molar-refractivity contribution is 6.14. The number of ether oxygens (including phenoxy) is 1. The molecule has 2 bridgehead atoms. The number of ketones is 1. The van der Waals surface area contributed by atoms with Gasteiger partial charge in [-0.05, 0) is 24.3 Å². The molecular weight excluding hydrogens is 364 g/mol. The maximum absolute atomic E-state index is 13.8. The summed E-state index contributed by atoms with van der Waals surface area (Å²) in [6, 6.07) is 6.27. The number of benzene rings is 2. The van der Waals surface area contributed by atoms with Gasteiger partial charge in [0, 0.05) is 16.5 Å². The Bertz CT molecular complexity index is 920. The first kappa shape index (κ1) is 17.1. The van der Waals surface area contributed by atoms with Crippen LogP contribution in [-0.2, 0) is 10.3 Å². The maximum Gasteiger partial charge on any atom is 0.454 e. The maximum atomic E-state index is 13.8. The molecule has 0 unspecified atom stereocenters. The molecule has 1 fully saturated rings. The molecule has 138 valence electrons. The Morgan fingerprint density at radius 1 is 1.12 bits per heavy atom. The van der Waals surface area contributed by atoms with Gasteiger partial charge < -0.3 is 10.1 Å². The number of anilines is 1. The second-order valence-corrected chi connectivity index (χ2v) is 6.33. The van der Waals surface area contributed by atoms with Gasteiger partial charge in [0.15, 0.2) is 5.60 Å². The summed E-state index contributed by atoms with van der Waals surface area (Å²) in [5.41, 5.74) is -3.95. The summed E-state index contributed by atoms with van der Waals surface area (Å²) in [7, 11) is 0. The molecule has 0 radical (unpaired) electrons. The zero-order chi connectivity index (χ0) is 18.9. The average Bonchev–Trinajstić information content (AvgIpc) is 2.92. The Morgan fingerprint density at radius 3 is 2.38 bits per heavy atom. The lowest BCUT2D eigenvalue weighted by atomic mass is 9.84. The molecule has 1 saturated heterocycles. The van der Waals surface area contributed by atoms with E-state index in [1.807, 2.05) is 0 Å². The predicted molar refractivity (Wildman–Crippen MR) is 79.8 cm³/mol. The molecule has 1 N–H and O–H groups in total. The van der Waals surface area contributed by atoms with Gasteiger partial charge in [-0.1, -0.05) is 24.3 Å². The molecule has 2 heterocycles. The van der Waals surface area contributed by atoms with Gasteiger partial charge in [0.05, 0.1) is 5.69 Å². The van der Waals surface area contributed by atoms with E-state index in [1.165, 1.54) is 24.3 Å². The highest BCUT2D eigenvalue weighted by atomic mass is 19.4. The molecule has 2 aromatic carbocycles. The van der Waals surface area contributed by atoms with Gasteiger partial charge in [0.1, 0.15) is 6.23 Å². The van der Waals surface area contributed by atoms with E-state index in [-0.39, 0.29) is 22.9 Å².